The van der Waals surface area contributed by atoms with Gasteiger partial charge in [-0.3, -0.25) is 0 Å². The van der Waals surface area contributed by atoms with E-state index in [2.05, 4.69) is 12.2 Å². The topological polar surface area (TPSA) is 12.0 Å². The van der Waals surface area contributed by atoms with Gasteiger partial charge in [-0.2, -0.15) is 0 Å². The summed E-state index contributed by atoms with van der Waals surface area (Å²) >= 11 is 5.90. The number of benzene rings is 1. The fourth-order valence-corrected chi connectivity index (χ4v) is 1.88. The standard InChI is InChI=1S/C9H10ClN/c1-6-4-8(10)5-7-2-3-11-9(6)7/h4-5,11H,2-3H2,1H3. The van der Waals surface area contributed by atoms with Crippen molar-refractivity contribution in [1.29, 1.82) is 0 Å². The van der Waals surface area contributed by atoms with Crippen molar-refractivity contribution < 1.29 is 0 Å². The minimum Gasteiger partial charge on any atom is -0.384 e. The minimum absolute atomic E-state index is 0.852. The zero-order valence-electron chi connectivity index (χ0n) is 6.45. The molecule has 58 valence electrons. The average Bonchev–Trinajstić information content (AvgIpc) is 2.34. The fraction of sp³-hybridized carbons (Fsp3) is 0.333. The van der Waals surface area contributed by atoms with Gasteiger partial charge in [0.05, 0.1) is 0 Å². The number of rotatable bonds is 0. The van der Waals surface area contributed by atoms with E-state index in [1.54, 1.807) is 0 Å². The predicted molar refractivity (Wildman–Crippen MR) is 48.4 cm³/mol. The van der Waals surface area contributed by atoms with Crippen LogP contribution in [0.25, 0.3) is 0 Å². The second kappa shape index (κ2) is 2.42. The maximum atomic E-state index is 5.90. The van der Waals surface area contributed by atoms with Crippen LogP contribution in [-0.4, -0.2) is 6.54 Å². The van der Waals surface area contributed by atoms with Crippen molar-refractivity contribution in [3.8, 4) is 0 Å². The highest BCUT2D eigenvalue weighted by Gasteiger charge is 2.12. The largest absolute Gasteiger partial charge is 0.384 e. The average molecular weight is 168 g/mol. The molecule has 0 spiro atoms. The summed E-state index contributed by atoms with van der Waals surface area (Å²) in [5, 5.41) is 4.19. The van der Waals surface area contributed by atoms with Crippen molar-refractivity contribution in [3.63, 3.8) is 0 Å². The molecule has 0 unspecified atom stereocenters. The Bertz CT molecular complexity index is 294. The summed E-state index contributed by atoms with van der Waals surface area (Å²) in [5.74, 6) is 0. The van der Waals surface area contributed by atoms with E-state index in [-0.39, 0.29) is 0 Å². The Morgan fingerprint density at radius 1 is 1.45 bits per heavy atom. The van der Waals surface area contributed by atoms with Crippen molar-refractivity contribution >= 4 is 17.3 Å². The van der Waals surface area contributed by atoms with Crippen LogP contribution < -0.4 is 5.32 Å². The van der Waals surface area contributed by atoms with Crippen LogP contribution in [0.4, 0.5) is 5.69 Å². The highest BCUT2D eigenvalue weighted by Crippen LogP contribution is 2.29. The Balaban J connectivity index is 2.60. The number of anilines is 1. The van der Waals surface area contributed by atoms with E-state index in [9.17, 15) is 0 Å². The second-order valence-corrected chi connectivity index (χ2v) is 3.37. The first-order valence-electron chi connectivity index (χ1n) is 3.80. The van der Waals surface area contributed by atoms with Crippen LogP contribution in [-0.2, 0) is 6.42 Å². The molecular weight excluding hydrogens is 158 g/mol. The highest BCUT2D eigenvalue weighted by atomic mass is 35.5. The molecule has 0 saturated carbocycles. The van der Waals surface area contributed by atoms with Crippen molar-refractivity contribution in [2.24, 2.45) is 0 Å². The molecule has 1 aromatic carbocycles. The Hall–Kier alpha value is -0.690. The van der Waals surface area contributed by atoms with Gasteiger partial charge < -0.3 is 5.32 Å². The van der Waals surface area contributed by atoms with Gasteiger partial charge in [0.25, 0.3) is 0 Å². The van der Waals surface area contributed by atoms with E-state index < -0.39 is 0 Å². The van der Waals surface area contributed by atoms with E-state index >= 15 is 0 Å². The first-order chi connectivity index (χ1) is 5.27. The zero-order chi connectivity index (χ0) is 7.84. The van der Waals surface area contributed by atoms with Gasteiger partial charge in [-0.05, 0) is 36.6 Å². The molecule has 2 rings (SSSR count). The molecule has 1 aliphatic heterocycles. The zero-order valence-corrected chi connectivity index (χ0v) is 7.20. The fourth-order valence-electron chi connectivity index (χ4n) is 1.58. The summed E-state index contributed by atoms with van der Waals surface area (Å²) in [6, 6.07) is 4.04. The molecule has 1 aliphatic rings. The quantitative estimate of drug-likeness (QED) is 0.627. The summed E-state index contributed by atoms with van der Waals surface area (Å²) in [6.07, 6.45) is 1.11. The van der Waals surface area contributed by atoms with Crippen LogP contribution in [0.5, 0.6) is 0 Å². The summed E-state index contributed by atoms with van der Waals surface area (Å²) in [5.41, 5.74) is 3.90. The van der Waals surface area contributed by atoms with E-state index in [0.717, 1.165) is 18.0 Å². The summed E-state index contributed by atoms with van der Waals surface area (Å²) in [7, 11) is 0. The van der Waals surface area contributed by atoms with Gasteiger partial charge in [0, 0.05) is 17.3 Å². The monoisotopic (exact) mass is 167 g/mol. The van der Waals surface area contributed by atoms with Gasteiger partial charge in [-0.1, -0.05) is 11.6 Å². The molecule has 0 aliphatic carbocycles. The first-order valence-corrected chi connectivity index (χ1v) is 4.18. The van der Waals surface area contributed by atoms with Crippen LogP contribution in [0.3, 0.4) is 0 Å². The Morgan fingerprint density at radius 2 is 2.27 bits per heavy atom. The summed E-state index contributed by atoms with van der Waals surface area (Å²) < 4.78 is 0. The normalized spacial score (nSPS) is 14.4. The molecular formula is C9H10ClN. The molecule has 1 N–H and O–H groups in total. The first kappa shape index (κ1) is 6.99. The predicted octanol–water partition coefficient (Wildman–Crippen LogP) is 2.62. The second-order valence-electron chi connectivity index (χ2n) is 2.93. The lowest BCUT2D eigenvalue weighted by Gasteiger charge is -2.03. The lowest BCUT2D eigenvalue weighted by atomic mass is 10.1. The molecule has 2 heteroatoms. The lowest BCUT2D eigenvalue weighted by Crippen LogP contribution is -1.92. The van der Waals surface area contributed by atoms with Crippen molar-refractivity contribution in [2.45, 2.75) is 13.3 Å². The van der Waals surface area contributed by atoms with E-state index in [1.807, 2.05) is 12.1 Å². The van der Waals surface area contributed by atoms with Crippen molar-refractivity contribution in [2.75, 3.05) is 11.9 Å². The summed E-state index contributed by atoms with van der Waals surface area (Å²) in [6.45, 7) is 3.14. The van der Waals surface area contributed by atoms with Crippen molar-refractivity contribution in [1.82, 2.24) is 0 Å². The van der Waals surface area contributed by atoms with Crippen molar-refractivity contribution in [3.05, 3.63) is 28.3 Å². The molecule has 1 heterocycles. The van der Waals surface area contributed by atoms with Crippen LogP contribution in [0, 0.1) is 6.92 Å². The minimum atomic E-state index is 0.852. The third-order valence-corrected chi connectivity index (χ3v) is 2.30. The number of hydrogen-bond acceptors (Lipinski definition) is 1. The molecule has 1 nitrogen and oxygen atoms in total. The molecule has 0 amide bonds. The Kier molecular flexibility index (Phi) is 1.53. The molecule has 0 fully saturated rings. The SMILES string of the molecule is Cc1cc(Cl)cc2c1NCC2. The maximum absolute atomic E-state index is 5.90. The third kappa shape index (κ3) is 1.10. The van der Waals surface area contributed by atoms with Gasteiger partial charge in [0.1, 0.15) is 0 Å². The van der Waals surface area contributed by atoms with Gasteiger partial charge in [0.15, 0.2) is 0 Å². The molecule has 0 bridgehead atoms. The van der Waals surface area contributed by atoms with Crippen LogP contribution in [0.2, 0.25) is 5.02 Å². The highest BCUT2D eigenvalue weighted by molar-refractivity contribution is 6.30. The van der Waals surface area contributed by atoms with Gasteiger partial charge in [0.2, 0.25) is 0 Å². The molecule has 0 saturated heterocycles. The van der Waals surface area contributed by atoms with Gasteiger partial charge in [-0.25, -0.2) is 0 Å². The molecule has 0 radical (unpaired) electrons. The number of aryl methyl sites for hydroxylation is 1. The lowest BCUT2D eigenvalue weighted by molar-refractivity contribution is 1.11. The molecule has 0 aromatic heterocycles. The number of fused-ring (bicyclic) bond motifs is 1. The molecule has 0 atom stereocenters. The maximum Gasteiger partial charge on any atom is 0.0412 e. The number of hydrogen-bond donors (Lipinski definition) is 1. The van der Waals surface area contributed by atoms with Crippen LogP contribution >= 0.6 is 11.6 Å². The molecule has 11 heavy (non-hydrogen) atoms. The molecule has 1 aromatic rings. The summed E-state index contributed by atoms with van der Waals surface area (Å²) in [4.78, 5) is 0. The number of halogens is 1. The third-order valence-electron chi connectivity index (χ3n) is 2.08. The van der Waals surface area contributed by atoms with Crippen LogP contribution in [0.15, 0.2) is 12.1 Å². The van der Waals surface area contributed by atoms with Gasteiger partial charge >= 0.3 is 0 Å². The Labute approximate surface area is 71.4 Å². The van der Waals surface area contributed by atoms with Gasteiger partial charge in [-0.15, -0.1) is 0 Å². The number of nitrogens with one attached hydrogen (secondary N) is 1. The van der Waals surface area contributed by atoms with E-state index in [1.165, 1.54) is 16.8 Å². The van der Waals surface area contributed by atoms with E-state index in [4.69, 9.17) is 11.6 Å². The van der Waals surface area contributed by atoms with Crippen LogP contribution in [0.1, 0.15) is 11.1 Å². The Morgan fingerprint density at radius 3 is 3.09 bits per heavy atom. The smallest absolute Gasteiger partial charge is 0.0412 e. The van der Waals surface area contributed by atoms with E-state index in [0.29, 0.717) is 0 Å².